The minimum Gasteiger partial charge on any atom is -0.495 e. The van der Waals surface area contributed by atoms with Crippen LogP contribution in [0.5, 0.6) is 5.75 Å². The third-order valence-electron chi connectivity index (χ3n) is 4.34. The number of ether oxygens (including phenoxy) is 1. The van der Waals surface area contributed by atoms with E-state index < -0.39 is 0 Å². The van der Waals surface area contributed by atoms with Crippen LogP contribution in [0.3, 0.4) is 0 Å². The lowest BCUT2D eigenvalue weighted by Crippen LogP contribution is -2.19. The molecule has 0 saturated carbocycles. The lowest BCUT2D eigenvalue weighted by Gasteiger charge is -2.09. The number of methoxy groups -OCH3 is 1. The van der Waals surface area contributed by atoms with Gasteiger partial charge in [-0.25, -0.2) is 9.78 Å². The SMILES string of the molecule is COc1ccccc1NC(=O)CCC(=O)Nc1ccc2c(n1)n(C)c(=O)n2C. The van der Waals surface area contributed by atoms with Crippen LogP contribution in [0, 0.1) is 0 Å². The van der Waals surface area contributed by atoms with Crippen molar-refractivity contribution < 1.29 is 14.3 Å². The molecule has 0 radical (unpaired) electrons. The molecule has 3 aromatic rings. The number of fused-ring (bicyclic) bond motifs is 1. The highest BCUT2D eigenvalue weighted by atomic mass is 16.5. The quantitative estimate of drug-likeness (QED) is 0.673. The number of aromatic nitrogens is 3. The smallest absolute Gasteiger partial charge is 0.329 e. The molecule has 0 fully saturated rings. The number of imidazole rings is 1. The summed E-state index contributed by atoms with van der Waals surface area (Å²) in [6.45, 7) is 0. The molecule has 0 aliphatic heterocycles. The zero-order valence-electron chi connectivity index (χ0n) is 15.9. The van der Waals surface area contributed by atoms with Crippen LogP contribution in [0.15, 0.2) is 41.2 Å². The van der Waals surface area contributed by atoms with Crippen molar-refractivity contribution in [3.05, 3.63) is 46.9 Å². The van der Waals surface area contributed by atoms with Crippen molar-refractivity contribution in [3.63, 3.8) is 0 Å². The lowest BCUT2D eigenvalue weighted by atomic mass is 10.2. The van der Waals surface area contributed by atoms with Crippen molar-refractivity contribution in [3.8, 4) is 5.75 Å². The third kappa shape index (κ3) is 3.88. The van der Waals surface area contributed by atoms with Gasteiger partial charge in [-0.1, -0.05) is 12.1 Å². The molecule has 2 amide bonds. The van der Waals surface area contributed by atoms with E-state index in [1.54, 1.807) is 50.5 Å². The topological polar surface area (TPSA) is 107 Å². The summed E-state index contributed by atoms with van der Waals surface area (Å²) >= 11 is 0. The van der Waals surface area contributed by atoms with Crippen molar-refractivity contribution >= 4 is 34.5 Å². The van der Waals surface area contributed by atoms with Gasteiger partial charge in [0, 0.05) is 26.9 Å². The Kier molecular flexibility index (Phi) is 5.44. The summed E-state index contributed by atoms with van der Waals surface area (Å²) in [5.41, 5.74) is 1.49. The number of pyridine rings is 1. The molecule has 9 nitrogen and oxygen atoms in total. The highest BCUT2D eigenvalue weighted by Gasteiger charge is 2.13. The van der Waals surface area contributed by atoms with Gasteiger partial charge in [0.2, 0.25) is 11.8 Å². The molecular formula is C19H21N5O4. The number of rotatable bonds is 6. The molecule has 9 heteroatoms. The van der Waals surface area contributed by atoms with E-state index in [4.69, 9.17) is 4.74 Å². The highest BCUT2D eigenvalue weighted by molar-refractivity contribution is 5.97. The number of nitrogens with zero attached hydrogens (tertiary/aromatic N) is 3. The van der Waals surface area contributed by atoms with E-state index in [2.05, 4.69) is 15.6 Å². The Bertz CT molecular complexity index is 1100. The van der Waals surface area contributed by atoms with Gasteiger partial charge in [-0.05, 0) is 24.3 Å². The average Bonchev–Trinajstić information content (AvgIpc) is 2.91. The predicted molar refractivity (Wildman–Crippen MR) is 105 cm³/mol. The predicted octanol–water partition coefficient (Wildman–Crippen LogP) is 1.64. The van der Waals surface area contributed by atoms with E-state index >= 15 is 0 Å². The van der Waals surface area contributed by atoms with E-state index in [0.29, 0.717) is 28.4 Å². The zero-order chi connectivity index (χ0) is 20.3. The molecule has 2 aromatic heterocycles. The van der Waals surface area contributed by atoms with Crippen LogP contribution in [-0.4, -0.2) is 33.0 Å². The molecule has 0 aliphatic rings. The summed E-state index contributed by atoms with van der Waals surface area (Å²) < 4.78 is 8.07. The van der Waals surface area contributed by atoms with Gasteiger partial charge >= 0.3 is 5.69 Å². The van der Waals surface area contributed by atoms with Gasteiger partial charge in [0.05, 0.1) is 18.3 Å². The molecule has 0 aliphatic carbocycles. The third-order valence-corrected chi connectivity index (χ3v) is 4.34. The number of aryl methyl sites for hydroxylation is 2. The Morgan fingerprint density at radius 2 is 1.68 bits per heavy atom. The fourth-order valence-corrected chi connectivity index (χ4v) is 2.83. The summed E-state index contributed by atoms with van der Waals surface area (Å²) in [5, 5.41) is 5.37. The Labute approximate surface area is 160 Å². The van der Waals surface area contributed by atoms with Gasteiger partial charge in [-0.2, -0.15) is 0 Å². The molecule has 28 heavy (non-hydrogen) atoms. The van der Waals surface area contributed by atoms with Crippen molar-refractivity contribution in [2.75, 3.05) is 17.7 Å². The number of hydrogen-bond donors (Lipinski definition) is 2. The number of hydrogen-bond acceptors (Lipinski definition) is 5. The maximum Gasteiger partial charge on any atom is 0.329 e. The van der Waals surface area contributed by atoms with Crippen molar-refractivity contribution in [2.45, 2.75) is 12.8 Å². The summed E-state index contributed by atoms with van der Waals surface area (Å²) in [5.74, 6) is 0.228. The minimum atomic E-state index is -0.344. The van der Waals surface area contributed by atoms with Crippen molar-refractivity contribution in [1.29, 1.82) is 0 Å². The number of amides is 2. The summed E-state index contributed by atoms with van der Waals surface area (Å²) in [6.07, 6.45) is 0.00433. The Morgan fingerprint density at radius 1 is 1.00 bits per heavy atom. The number of para-hydroxylation sites is 2. The fraction of sp³-hybridized carbons (Fsp3) is 0.263. The first kappa shape index (κ1) is 19.2. The Morgan fingerprint density at radius 3 is 2.39 bits per heavy atom. The molecule has 146 valence electrons. The second-order valence-electron chi connectivity index (χ2n) is 6.24. The molecule has 2 N–H and O–H groups in total. The number of nitrogens with one attached hydrogen (secondary N) is 2. The fourth-order valence-electron chi connectivity index (χ4n) is 2.83. The van der Waals surface area contributed by atoms with Gasteiger partial charge < -0.3 is 15.4 Å². The van der Waals surface area contributed by atoms with E-state index in [1.807, 2.05) is 0 Å². The average molecular weight is 383 g/mol. The minimum absolute atomic E-state index is 0.00554. The first-order chi connectivity index (χ1) is 13.4. The molecule has 1 aromatic carbocycles. The molecule has 0 unspecified atom stereocenters. The number of carbonyl (C=O) groups is 2. The van der Waals surface area contributed by atoms with Gasteiger partial charge in [0.1, 0.15) is 11.6 Å². The van der Waals surface area contributed by atoms with Crippen molar-refractivity contribution in [1.82, 2.24) is 14.1 Å². The Hall–Kier alpha value is -3.62. The number of carbonyl (C=O) groups excluding carboxylic acids is 2. The maximum atomic E-state index is 12.2. The number of anilines is 2. The van der Waals surface area contributed by atoms with E-state index in [9.17, 15) is 14.4 Å². The van der Waals surface area contributed by atoms with E-state index in [0.717, 1.165) is 0 Å². The monoisotopic (exact) mass is 383 g/mol. The molecule has 2 heterocycles. The first-order valence-corrected chi connectivity index (χ1v) is 8.66. The zero-order valence-corrected chi connectivity index (χ0v) is 15.9. The van der Waals surface area contributed by atoms with E-state index in [1.165, 1.54) is 16.2 Å². The van der Waals surface area contributed by atoms with Crippen LogP contribution in [0.4, 0.5) is 11.5 Å². The normalized spacial score (nSPS) is 10.7. The van der Waals surface area contributed by atoms with Gasteiger partial charge in [-0.15, -0.1) is 0 Å². The van der Waals surface area contributed by atoms with Crippen molar-refractivity contribution in [2.24, 2.45) is 14.1 Å². The molecule has 0 bridgehead atoms. The van der Waals surface area contributed by atoms with Crippen LogP contribution in [0.25, 0.3) is 11.2 Å². The first-order valence-electron chi connectivity index (χ1n) is 8.66. The second kappa shape index (κ2) is 7.95. The highest BCUT2D eigenvalue weighted by Crippen LogP contribution is 2.23. The van der Waals surface area contributed by atoms with Crippen LogP contribution < -0.4 is 21.1 Å². The summed E-state index contributed by atoms with van der Waals surface area (Å²) in [4.78, 5) is 40.5. The van der Waals surface area contributed by atoms with Gasteiger partial charge in [0.15, 0.2) is 5.65 Å². The summed E-state index contributed by atoms with van der Waals surface area (Å²) in [6, 6.07) is 10.4. The molecule has 3 rings (SSSR count). The van der Waals surface area contributed by atoms with Crippen LogP contribution in [0.1, 0.15) is 12.8 Å². The largest absolute Gasteiger partial charge is 0.495 e. The van der Waals surface area contributed by atoms with Gasteiger partial charge in [0.25, 0.3) is 0 Å². The lowest BCUT2D eigenvalue weighted by molar-refractivity contribution is -0.121. The van der Waals surface area contributed by atoms with Gasteiger partial charge in [-0.3, -0.25) is 18.7 Å². The van der Waals surface area contributed by atoms with Crippen LogP contribution >= 0.6 is 0 Å². The molecule has 0 spiro atoms. The summed E-state index contributed by atoms with van der Waals surface area (Å²) in [7, 11) is 4.79. The van der Waals surface area contributed by atoms with Crippen LogP contribution in [-0.2, 0) is 23.7 Å². The number of benzene rings is 1. The molecule has 0 atom stereocenters. The second-order valence-corrected chi connectivity index (χ2v) is 6.24. The maximum absolute atomic E-state index is 12.2. The molecule has 0 saturated heterocycles. The standard InChI is InChI=1S/C19H21N5O4/c1-23-13-8-9-15(22-18(13)24(2)19(23)27)21-17(26)11-10-16(25)20-12-6-4-5-7-14(12)28-3/h4-9H,10-11H2,1-3H3,(H,20,25)(H,21,22,26). The Balaban J connectivity index is 1.60. The van der Waals surface area contributed by atoms with Crippen LogP contribution in [0.2, 0.25) is 0 Å². The molecular weight excluding hydrogens is 362 g/mol. The van der Waals surface area contributed by atoms with E-state index in [-0.39, 0.29) is 30.3 Å².